The zero-order valence-corrected chi connectivity index (χ0v) is 9.15. The van der Waals surface area contributed by atoms with Crippen molar-refractivity contribution in [3.8, 4) is 0 Å². The predicted octanol–water partition coefficient (Wildman–Crippen LogP) is 2.68. The molecule has 0 radical (unpaired) electrons. The Balaban J connectivity index is 3.90. The Hall–Kier alpha value is -0.230. The molecule has 0 aromatic heterocycles. The predicted molar refractivity (Wildman–Crippen MR) is 49.8 cm³/mol. The first kappa shape index (κ1) is 13.8. The summed E-state index contributed by atoms with van der Waals surface area (Å²) in [6.45, 7) is 3.92. The highest BCUT2D eigenvalue weighted by Gasteiger charge is 2.42. The second kappa shape index (κ2) is 5.02. The highest BCUT2D eigenvalue weighted by atomic mass is 32.2. The minimum absolute atomic E-state index is 0.102. The van der Waals surface area contributed by atoms with Crippen molar-refractivity contribution in [3.05, 3.63) is 0 Å². The fourth-order valence-corrected chi connectivity index (χ4v) is 1.41. The molecule has 0 aliphatic rings. The Kier molecular flexibility index (Phi) is 4.94. The first-order valence-electron chi connectivity index (χ1n) is 4.51. The number of hydrogen-bond acceptors (Lipinski definition) is 2. The van der Waals surface area contributed by atoms with Gasteiger partial charge in [0.2, 0.25) is 0 Å². The van der Waals surface area contributed by atoms with Crippen molar-refractivity contribution < 1.29 is 21.8 Å². The smallest absolute Gasteiger partial charge is 0.281 e. The van der Waals surface area contributed by atoms with Gasteiger partial charge in [0.25, 0.3) is 0 Å². The molecule has 0 rings (SSSR count). The summed E-state index contributed by atoms with van der Waals surface area (Å²) >= 11 is 0. The van der Waals surface area contributed by atoms with Crippen LogP contribution < -0.4 is 0 Å². The maximum Gasteiger partial charge on any atom is 0.370 e. The Morgan fingerprint density at radius 3 is 2.14 bits per heavy atom. The summed E-state index contributed by atoms with van der Waals surface area (Å²) in [6.07, 6.45) is 0.619. The van der Waals surface area contributed by atoms with Gasteiger partial charge in [-0.05, 0) is 12.3 Å². The molecule has 0 bridgehead atoms. The third-order valence-corrected chi connectivity index (χ3v) is 2.84. The molecule has 0 aromatic carbocycles. The monoisotopic (exact) mass is 230 g/mol. The quantitative estimate of drug-likeness (QED) is 0.563. The summed E-state index contributed by atoms with van der Waals surface area (Å²) in [5.74, 6) is 0.411. The van der Waals surface area contributed by atoms with E-state index in [1.165, 1.54) is 0 Å². The fourth-order valence-electron chi connectivity index (χ4n) is 1.01. The van der Waals surface area contributed by atoms with Crippen LogP contribution in [0, 0.1) is 5.92 Å². The van der Waals surface area contributed by atoms with E-state index in [2.05, 4.69) is 0 Å². The van der Waals surface area contributed by atoms with E-state index in [4.69, 9.17) is 4.55 Å². The Morgan fingerprint density at radius 1 is 1.29 bits per heavy atom. The van der Waals surface area contributed by atoms with Gasteiger partial charge in [-0.15, -0.1) is 0 Å². The van der Waals surface area contributed by atoms with Crippen LogP contribution in [0.5, 0.6) is 0 Å². The van der Waals surface area contributed by atoms with Crippen molar-refractivity contribution in [3.63, 3.8) is 0 Å². The van der Waals surface area contributed by atoms with Crippen LogP contribution in [-0.2, 0) is 10.1 Å². The Bertz CT molecular complexity index is 260. The molecule has 6 heteroatoms. The molecule has 86 valence electrons. The molecular weight excluding hydrogens is 214 g/mol. The summed E-state index contributed by atoms with van der Waals surface area (Å²) in [5.41, 5.74) is 0. The molecule has 0 atom stereocenters. The highest BCUT2D eigenvalue weighted by Crippen LogP contribution is 2.27. The van der Waals surface area contributed by atoms with Crippen molar-refractivity contribution in [2.75, 3.05) is 0 Å². The third kappa shape index (κ3) is 4.85. The minimum Gasteiger partial charge on any atom is -0.281 e. The maximum absolute atomic E-state index is 12.6. The second-order valence-electron chi connectivity index (χ2n) is 3.75. The fraction of sp³-hybridized carbons (Fsp3) is 1.00. The summed E-state index contributed by atoms with van der Waals surface area (Å²) in [6, 6.07) is 0. The lowest BCUT2D eigenvalue weighted by Crippen LogP contribution is -2.27. The lowest BCUT2D eigenvalue weighted by Gasteiger charge is -2.12. The van der Waals surface area contributed by atoms with Gasteiger partial charge in [-0.2, -0.15) is 17.2 Å². The van der Waals surface area contributed by atoms with E-state index in [1.54, 1.807) is 0 Å². The zero-order chi connectivity index (χ0) is 11.4. The van der Waals surface area contributed by atoms with Crippen LogP contribution in [0.4, 0.5) is 8.78 Å². The van der Waals surface area contributed by atoms with Gasteiger partial charge in [-0.25, -0.2) is 0 Å². The second-order valence-corrected chi connectivity index (χ2v) is 5.30. The molecule has 14 heavy (non-hydrogen) atoms. The van der Waals surface area contributed by atoms with Gasteiger partial charge < -0.3 is 0 Å². The van der Waals surface area contributed by atoms with Crippen molar-refractivity contribution >= 4 is 10.1 Å². The van der Waals surface area contributed by atoms with Gasteiger partial charge in [0.1, 0.15) is 0 Å². The first-order valence-corrected chi connectivity index (χ1v) is 5.95. The van der Waals surface area contributed by atoms with Crippen LogP contribution in [-0.4, -0.2) is 18.2 Å². The van der Waals surface area contributed by atoms with E-state index in [9.17, 15) is 17.2 Å². The number of halogens is 2. The molecule has 0 heterocycles. The molecule has 0 amide bonds. The van der Waals surface area contributed by atoms with E-state index in [-0.39, 0.29) is 6.42 Å². The van der Waals surface area contributed by atoms with Crippen LogP contribution >= 0.6 is 0 Å². The number of unbranched alkanes of at least 4 members (excludes halogenated alkanes) is 1. The third-order valence-electron chi connectivity index (χ3n) is 1.88. The summed E-state index contributed by atoms with van der Waals surface area (Å²) in [5, 5.41) is -4.00. The van der Waals surface area contributed by atoms with Crippen LogP contribution in [0.1, 0.15) is 39.5 Å². The Labute approximate surface area is 83.3 Å². The molecule has 0 saturated carbocycles. The largest absolute Gasteiger partial charge is 0.370 e. The van der Waals surface area contributed by atoms with E-state index in [1.807, 2.05) is 13.8 Å². The summed E-state index contributed by atoms with van der Waals surface area (Å²) < 4.78 is 53.8. The van der Waals surface area contributed by atoms with E-state index in [0.29, 0.717) is 12.3 Å². The van der Waals surface area contributed by atoms with Gasteiger partial charge in [0.15, 0.2) is 0 Å². The van der Waals surface area contributed by atoms with Crippen LogP contribution in [0.2, 0.25) is 0 Å². The highest BCUT2D eigenvalue weighted by molar-refractivity contribution is 7.86. The van der Waals surface area contributed by atoms with Gasteiger partial charge in [-0.3, -0.25) is 4.55 Å². The Morgan fingerprint density at radius 2 is 1.79 bits per heavy atom. The molecule has 0 aliphatic carbocycles. The van der Waals surface area contributed by atoms with E-state index < -0.39 is 21.8 Å². The van der Waals surface area contributed by atoms with Crippen molar-refractivity contribution in [1.82, 2.24) is 0 Å². The van der Waals surface area contributed by atoms with Crippen LogP contribution in [0.25, 0.3) is 0 Å². The van der Waals surface area contributed by atoms with E-state index in [0.717, 1.165) is 6.42 Å². The standard InChI is InChI=1S/C8H16F2O3S/c1-7(2)5-3-4-6-8(9,10)14(11,12)13/h7H,3-6H2,1-2H3,(H,11,12,13). The lowest BCUT2D eigenvalue weighted by molar-refractivity contribution is 0.0681. The van der Waals surface area contributed by atoms with Crippen LogP contribution in [0.3, 0.4) is 0 Å². The zero-order valence-electron chi connectivity index (χ0n) is 8.33. The molecule has 0 aliphatic heterocycles. The molecule has 0 fully saturated rings. The minimum atomic E-state index is -5.24. The number of rotatable bonds is 6. The molecular formula is C8H16F2O3S. The normalized spacial score (nSPS) is 13.6. The number of hydrogen-bond donors (Lipinski definition) is 1. The molecule has 0 saturated heterocycles. The topological polar surface area (TPSA) is 54.4 Å². The van der Waals surface area contributed by atoms with Gasteiger partial charge in [0.05, 0.1) is 0 Å². The van der Waals surface area contributed by atoms with Crippen molar-refractivity contribution in [2.24, 2.45) is 5.92 Å². The average Bonchev–Trinajstić information content (AvgIpc) is 1.95. The molecule has 3 nitrogen and oxygen atoms in total. The van der Waals surface area contributed by atoms with Gasteiger partial charge in [-0.1, -0.05) is 26.7 Å². The first-order chi connectivity index (χ1) is 6.17. The molecule has 0 spiro atoms. The van der Waals surface area contributed by atoms with Gasteiger partial charge >= 0.3 is 15.4 Å². The van der Waals surface area contributed by atoms with Crippen LogP contribution in [0.15, 0.2) is 0 Å². The average molecular weight is 230 g/mol. The van der Waals surface area contributed by atoms with E-state index >= 15 is 0 Å². The van der Waals surface area contributed by atoms with Crippen molar-refractivity contribution in [1.29, 1.82) is 0 Å². The SMILES string of the molecule is CC(C)CCCCC(F)(F)S(=O)(=O)O. The molecule has 0 aromatic rings. The van der Waals surface area contributed by atoms with Gasteiger partial charge in [0, 0.05) is 6.42 Å². The summed E-state index contributed by atoms with van der Waals surface area (Å²) in [7, 11) is -5.24. The summed E-state index contributed by atoms with van der Waals surface area (Å²) in [4.78, 5) is 0. The number of alkyl halides is 2. The molecule has 1 N–H and O–H groups in total. The van der Waals surface area contributed by atoms with Crippen molar-refractivity contribution in [2.45, 2.75) is 44.8 Å². The molecule has 0 unspecified atom stereocenters. The maximum atomic E-state index is 12.6. The lowest BCUT2D eigenvalue weighted by atomic mass is 10.1.